The number of hydrogen-bond acceptors (Lipinski definition) is 6. The van der Waals surface area contributed by atoms with Crippen LogP contribution in [0.15, 0.2) is 12.7 Å². The fourth-order valence-corrected chi connectivity index (χ4v) is 1.57. The van der Waals surface area contributed by atoms with Gasteiger partial charge in [-0.3, -0.25) is 10.1 Å². The molecule has 1 aromatic heterocycles. The average Bonchev–Trinajstić information content (AvgIpc) is 2.42. The van der Waals surface area contributed by atoms with Crippen LogP contribution in [0.1, 0.15) is 32.5 Å². The molecule has 0 amide bonds. The minimum atomic E-state index is -0.522. The molecule has 1 rings (SSSR count). The fraction of sp³-hybridized carbons (Fsp3) is 0.538. The topological polar surface area (TPSA) is 90.2 Å². The summed E-state index contributed by atoms with van der Waals surface area (Å²) >= 11 is 0. The maximum Gasteiger partial charge on any atom is 0.372 e. The van der Waals surface area contributed by atoms with Crippen LogP contribution in [0.5, 0.6) is 5.88 Å². The normalized spacial score (nSPS) is 10.1. The molecule has 0 aliphatic rings. The zero-order valence-corrected chi connectivity index (χ0v) is 11.9. The van der Waals surface area contributed by atoms with E-state index in [1.807, 2.05) is 13.8 Å². The molecule has 0 bridgehead atoms. The number of nitrogens with one attached hydrogen (secondary N) is 1. The molecular formula is C13H20N4O3. The minimum absolute atomic E-state index is 0.0295. The third-order valence-corrected chi connectivity index (χ3v) is 2.41. The van der Waals surface area contributed by atoms with Gasteiger partial charge >= 0.3 is 5.69 Å². The Morgan fingerprint density at radius 1 is 1.40 bits per heavy atom. The van der Waals surface area contributed by atoms with Crippen molar-refractivity contribution in [3.63, 3.8) is 0 Å². The maximum absolute atomic E-state index is 11.2. The van der Waals surface area contributed by atoms with Crippen molar-refractivity contribution in [1.29, 1.82) is 0 Å². The summed E-state index contributed by atoms with van der Waals surface area (Å²) in [5, 5.41) is 14.1. The number of anilines is 1. The van der Waals surface area contributed by atoms with Gasteiger partial charge in [-0.15, -0.1) is 6.58 Å². The number of aromatic nitrogens is 2. The van der Waals surface area contributed by atoms with Crippen molar-refractivity contribution in [3.8, 4) is 5.88 Å². The summed E-state index contributed by atoms with van der Waals surface area (Å²) < 4.78 is 5.40. The summed E-state index contributed by atoms with van der Waals surface area (Å²) in [6.45, 7) is 8.26. The Labute approximate surface area is 118 Å². The first-order valence-electron chi connectivity index (χ1n) is 6.66. The molecule has 0 aliphatic heterocycles. The molecule has 1 aromatic rings. The molecule has 0 unspecified atom stereocenters. The molecule has 110 valence electrons. The van der Waals surface area contributed by atoms with Gasteiger partial charge < -0.3 is 10.1 Å². The minimum Gasteiger partial charge on any atom is -0.473 e. The highest BCUT2D eigenvalue weighted by Gasteiger charge is 2.25. The lowest BCUT2D eigenvalue weighted by Crippen LogP contribution is -2.11. The summed E-state index contributed by atoms with van der Waals surface area (Å²) in [6, 6.07) is 0. The van der Waals surface area contributed by atoms with Gasteiger partial charge in [0.15, 0.2) is 0 Å². The lowest BCUT2D eigenvalue weighted by atomic mass is 10.3. The molecule has 0 saturated carbocycles. The lowest BCUT2D eigenvalue weighted by Gasteiger charge is -2.10. The van der Waals surface area contributed by atoms with Crippen LogP contribution in [0.25, 0.3) is 0 Å². The molecule has 0 fully saturated rings. The average molecular weight is 280 g/mol. The van der Waals surface area contributed by atoms with Crippen LogP contribution < -0.4 is 10.1 Å². The lowest BCUT2D eigenvalue weighted by molar-refractivity contribution is -0.385. The van der Waals surface area contributed by atoms with Gasteiger partial charge in [-0.05, 0) is 12.8 Å². The highest BCUT2D eigenvalue weighted by molar-refractivity contribution is 5.62. The van der Waals surface area contributed by atoms with E-state index < -0.39 is 4.92 Å². The van der Waals surface area contributed by atoms with E-state index in [0.717, 1.165) is 12.8 Å². The van der Waals surface area contributed by atoms with Gasteiger partial charge in [-0.25, -0.2) is 4.98 Å². The van der Waals surface area contributed by atoms with Crippen LogP contribution in [-0.4, -0.2) is 28.0 Å². The molecule has 1 heterocycles. The van der Waals surface area contributed by atoms with Gasteiger partial charge in [0.1, 0.15) is 5.82 Å². The highest BCUT2D eigenvalue weighted by Crippen LogP contribution is 2.32. The molecule has 1 N–H and O–H groups in total. The molecule has 0 atom stereocenters. The van der Waals surface area contributed by atoms with E-state index in [9.17, 15) is 10.1 Å². The maximum atomic E-state index is 11.2. The standard InChI is InChI=1S/C13H20N4O3/c1-4-7-10-15-12(14-8-5-2)11(17(18)19)13(16-10)20-9-6-3/h5H,2,4,6-9H2,1,3H3,(H,14,15,16). The quantitative estimate of drug-likeness (QED) is 0.425. The number of nitrogens with zero attached hydrogens (tertiary/aromatic N) is 3. The Hall–Kier alpha value is -2.18. The monoisotopic (exact) mass is 280 g/mol. The number of rotatable bonds is 9. The number of nitro groups is 1. The molecule has 0 aromatic carbocycles. The largest absolute Gasteiger partial charge is 0.473 e. The third kappa shape index (κ3) is 4.18. The smallest absolute Gasteiger partial charge is 0.372 e. The van der Waals surface area contributed by atoms with Gasteiger partial charge in [-0.1, -0.05) is 19.9 Å². The summed E-state index contributed by atoms with van der Waals surface area (Å²) in [6.07, 6.45) is 3.85. The van der Waals surface area contributed by atoms with Crippen molar-refractivity contribution >= 4 is 11.5 Å². The Morgan fingerprint density at radius 3 is 2.70 bits per heavy atom. The van der Waals surface area contributed by atoms with Crippen LogP contribution in [-0.2, 0) is 6.42 Å². The van der Waals surface area contributed by atoms with Gasteiger partial charge in [0.25, 0.3) is 5.88 Å². The third-order valence-electron chi connectivity index (χ3n) is 2.41. The van der Waals surface area contributed by atoms with Crippen LogP contribution in [0.2, 0.25) is 0 Å². The summed E-state index contributed by atoms with van der Waals surface area (Å²) in [7, 11) is 0. The zero-order valence-electron chi connectivity index (χ0n) is 11.9. The zero-order chi connectivity index (χ0) is 15.0. The van der Waals surface area contributed by atoms with E-state index in [4.69, 9.17) is 4.74 Å². The van der Waals surface area contributed by atoms with E-state index in [1.54, 1.807) is 6.08 Å². The highest BCUT2D eigenvalue weighted by atomic mass is 16.6. The first kappa shape index (κ1) is 15.9. The fourth-order valence-electron chi connectivity index (χ4n) is 1.57. The number of ether oxygens (including phenoxy) is 1. The van der Waals surface area contributed by atoms with Gasteiger partial charge in [0, 0.05) is 13.0 Å². The van der Waals surface area contributed by atoms with Gasteiger partial charge in [-0.2, -0.15) is 4.98 Å². The molecule has 0 saturated heterocycles. The van der Waals surface area contributed by atoms with Crippen molar-refractivity contribution < 1.29 is 9.66 Å². The summed E-state index contributed by atoms with van der Waals surface area (Å²) in [5.74, 6) is 0.747. The molecular weight excluding hydrogens is 260 g/mol. The Morgan fingerprint density at radius 2 is 2.15 bits per heavy atom. The van der Waals surface area contributed by atoms with Crippen LogP contribution in [0.3, 0.4) is 0 Å². The molecule has 0 aliphatic carbocycles. The van der Waals surface area contributed by atoms with Gasteiger partial charge in [0.05, 0.1) is 11.5 Å². The molecule has 20 heavy (non-hydrogen) atoms. The van der Waals surface area contributed by atoms with Crippen molar-refractivity contribution in [2.75, 3.05) is 18.5 Å². The van der Waals surface area contributed by atoms with E-state index >= 15 is 0 Å². The van der Waals surface area contributed by atoms with Crippen LogP contribution in [0.4, 0.5) is 11.5 Å². The van der Waals surface area contributed by atoms with Gasteiger partial charge in [0.2, 0.25) is 5.82 Å². The molecule has 0 radical (unpaired) electrons. The molecule has 7 nitrogen and oxygen atoms in total. The van der Waals surface area contributed by atoms with Crippen molar-refractivity contribution in [2.45, 2.75) is 33.1 Å². The van der Waals surface area contributed by atoms with E-state index in [1.165, 1.54) is 0 Å². The number of aryl methyl sites for hydroxylation is 1. The first-order chi connectivity index (χ1) is 9.63. The Kier molecular flexibility index (Phi) is 6.42. The molecule has 0 spiro atoms. The second-order valence-electron chi connectivity index (χ2n) is 4.17. The molecule has 7 heteroatoms. The van der Waals surface area contributed by atoms with Crippen LogP contribution in [0, 0.1) is 10.1 Å². The van der Waals surface area contributed by atoms with E-state index in [2.05, 4.69) is 21.9 Å². The second kappa shape index (κ2) is 8.08. The Bertz CT molecular complexity index is 477. The van der Waals surface area contributed by atoms with E-state index in [-0.39, 0.29) is 17.4 Å². The van der Waals surface area contributed by atoms with Crippen LogP contribution >= 0.6 is 0 Å². The van der Waals surface area contributed by atoms with Crippen molar-refractivity contribution in [1.82, 2.24) is 9.97 Å². The van der Waals surface area contributed by atoms with Crippen molar-refractivity contribution in [2.24, 2.45) is 0 Å². The summed E-state index contributed by atoms with van der Waals surface area (Å²) in [5.41, 5.74) is -0.222. The number of hydrogen-bond donors (Lipinski definition) is 1. The predicted molar refractivity (Wildman–Crippen MR) is 77.2 cm³/mol. The summed E-state index contributed by atoms with van der Waals surface area (Å²) in [4.78, 5) is 19.0. The van der Waals surface area contributed by atoms with E-state index in [0.29, 0.717) is 25.4 Å². The van der Waals surface area contributed by atoms with Crippen molar-refractivity contribution in [3.05, 3.63) is 28.6 Å². The SMILES string of the molecule is C=CCNc1nc(CCC)nc(OCCC)c1[N+](=O)[O-]. The second-order valence-corrected chi connectivity index (χ2v) is 4.17. The first-order valence-corrected chi connectivity index (χ1v) is 6.66. The Balaban J connectivity index is 3.23. The predicted octanol–water partition coefficient (Wildman–Crippen LogP) is 2.72.